The summed E-state index contributed by atoms with van der Waals surface area (Å²) in [5.74, 6) is -2.37. The Hall–Kier alpha value is -4.42. The molecule has 1 atom stereocenters. The summed E-state index contributed by atoms with van der Waals surface area (Å²) in [6.45, 7) is 1.36. The first-order valence-electron chi connectivity index (χ1n) is 9.18. The molecule has 1 unspecified atom stereocenters. The van der Waals surface area contributed by atoms with Gasteiger partial charge in [0, 0.05) is 18.3 Å². The topological polar surface area (TPSA) is 137 Å². The van der Waals surface area contributed by atoms with E-state index in [1.54, 1.807) is 0 Å². The van der Waals surface area contributed by atoms with E-state index in [0.717, 1.165) is 35.0 Å². The van der Waals surface area contributed by atoms with Crippen molar-refractivity contribution in [2.75, 3.05) is 5.32 Å². The van der Waals surface area contributed by atoms with Crippen molar-refractivity contribution in [1.82, 2.24) is 9.78 Å². The summed E-state index contributed by atoms with van der Waals surface area (Å²) in [4.78, 5) is 34.0. The number of amides is 1. The van der Waals surface area contributed by atoms with Gasteiger partial charge in [0.25, 0.3) is 11.6 Å². The van der Waals surface area contributed by atoms with Gasteiger partial charge < -0.3 is 15.2 Å². The van der Waals surface area contributed by atoms with Crippen molar-refractivity contribution in [2.24, 2.45) is 0 Å². The Morgan fingerprint density at radius 1 is 1.18 bits per heavy atom. The number of non-ortho nitro benzene ring substituents is 1. The summed E-state index contributed by atoms with van der Waals surface area (Å²) in [6, 6.07) is 7.34. The van der Waals surface area contributed by atoms with E-state index < -0.39 is 40.3 Å². The van der Waals surface area contributed by atoms with Crippen LogP contribution in [-0.2, 0) is 11.0 Å². The standard InChI is InChI=1S/C20H15F3N4O6/c1-11(19(29)30)26-6-5-17(25-26)18(28)24-13-8-14(27(31)32)10-16(9-13)33-15-4-2-3-12(7-15)20(21,22)23/h2-11H,1H3,(H,24,28)(H,29,30). The number of carbonyl (C=O) groups excluding carboxylic acids is 1. The van der Waals surface area contributed by atoms with Crippen molar-refractivity contribution >= 4 is 23.3 Å². The number of carbonyl (C=O) groups is 2. The molecule has 3 aromatic rings. The van der Waals surface area contributed by atoms with Crippen molar-refractivity contribution < 1.29 is 37.5 Å². The molecule has 0 bridgehead atoms. The zero-order chi connectivity index (χ0) is 24.3. The number of halogens is 3. The molecular weight excluding hydrogens is 449 g/mol. The van der Waals surface area contributed by atoms with Gasteiger partial charge in [0.2, 0.25) is 0 Å². The lowest BCUT2D eigenvalue weighted by atomic mass is 10.2. The first kappa shape index (κ1) is 23.2. The molecule has 0 saturated carbocycles. The van der Waals surface area contributed by atoms with Gasteiger partial charge >= 0.3 is 12.1 Å². The maximum atomic E-state index is 12.9. The molecule has 33 heavy (non-hydrogen) atoms. The van der Waals surface area contributed by atoms with Crippen LogP contribution in [0.1, 0.15) is 29.0 Å². The summed E-state index contributed by atoms with van der Waals surface area (Å²) in [7, 11) is 0. The van der Waals surface area contributed by atoms with Crippen LogP contribution in [0.2, 0.25) is 0 Å². The monoisotopic (exact) mass is 464 g/mol. The minimum absolute atomic E-state index is 0.0861. The number of alkyl halides is 3. The minimum atomic E-state index is -4.61. The first-order valence-corrected chi connectivity index (χ1v) is 9.18. The van der Waals surface area contributed by atoms with Crippen LogP contribution in [0.3, 0.4) is 0 Å². The van der Waals surface area contributed by atoms with E-state index in [-0.39, 0.29) is 22.9 Å². The molecule has 172 valence electrons. The van der Waals surface area contributed by atoms with Crippen molar-refractivity contribution in [3.8, 4) is 11.5 Å². The molecule has 0 spiro atoms. The van der Waals surface area contributed by atoms with E-state index >= 15 is 0 Å². The van der Waals surface area contributed by atoms with E-state index in [0.29, 0.717) is 0 Å². The molecule has 1 heterocycles. The third-order valence-electron chi connectivity index (χ3n) is 4.35. The maximum Gasteiger partial charge on any atom is 0.416 e. The summed E-state index contributed by atoms with van der Waals surface area (Å²) < 4.78 is 45.1. The number of nitro benzene ring substituents is 1. The zero-order valence-corrected chi connectivity index (χ0v) is 16.7. The van der Waals surface area contributed by atoms with Crippen LogP contribution in [0, 0.1) is 10.1 Å². The number of anilines is 1. The highest BCUT2D eigenvalue weighted by Gasteiger charge is 2.30. The number of carboxylic acid groups (broad SMARTS) is 1. The molecule has 0 aliphatic carbocycles. The van der Waals surface area contributed by atoms with Crippen LogP contribution in [-0.4, -0.2) is 31.7 Å². The predicted octanol–water partition coefficient (Wildman–Crippen LogP) is 4.50. The van der Waals surface area contributed by atoms with Crippen molar-refractivity contribution in [2.45, 2.75) is 19.1 Å². The van der Waals surface area contributed by atoms with Crippen LogP contribution < -0.4 is 10.1 Å². The fourth-order valence-corrected chi connectivity index (χ4v) is 2.67. The molecule has 13 heteroatoms. The molecule has 0 aliphatic heterocycles. The Balaban J connectivity index is 1.86. The fraction of sp³-hybridized carbons (Fsp3) is 0.150. The number of nitrogens with one attached hydrogen (secondary N) is 1. The molecule has 2 aromatic carbocycles. The first-order chi connectivity index (χ1) is 15.4. The maximum absolute atomic E-state index is 12.9. The van der Waals surface area contributed by atoms with Crippen LogP contribution in [0.4, 0.5) is 24.5 Å². The third kappa shape index (κ3) is 5.64. The van der Waals surface area contributed by atoms with Crippen LogP contribution >= 0.6 is 0 Å². The van der Waals surface area contributed by atoms with Gasteiger partial charge in [-0.1, -0.05) is 6.07 Å². The smallest absolute Gasteiger partial charge is 0.416 e. The third-order valence-corrected chi connectivity index (χ3v) is 4.35. The quantitative estimate of drug-likeness (QED) is 0.388. The SMILES string of the molecule is CC(C(=O)O)n1ccc(C(=O)Nc2cc(Oc3cccc(C(F)(F)F)c3)cc([N+](=O)[O-])c2)n1. The highest BCUT2D eigenvalue weighted by Crippen LogP contribution is 2.34. The number of hydrogen-bond donors (Lipinski definition) is 2. The number of carboxylic acids is 1. The lowest BCUT2D eigenvalue weighted by Crippen LogP contribution is -2.18. The second-order valence-corrected chi connectivity index (χ2v) is 6.75. The van der Waals surface area contributed by atoms with Crippen molar-refractivity contribution in [3.05, 3.63) is 76.1 Å². The van der Waals surface area contributed by atoms with Gasteiger partial charge in [-0.2, -0.15) is 18.3 Å². The largest absolute Gasteiger partial charge is 0.480 e. The predicted molar refractivity (Wildman–Crippen MR) is 107 cm³/mol. The number of hydrogen-bond acceptors (Lipinski definition) is 6. The highest BCUT2D eigenvalue weighted by atomic mass is 19.4. The van der Waals surface area contributed by atoms with Crippen molar-refractivity contribution in [3.63, 3.8) is 0 Å². The van der Waals surface area contributed by atoms with Gasteiger partial charge in [0.15, 0.2) is 5.69 Å². The van der Waals surface area contributed by atoms with Gasteiger partial charge in [-0.15, -0.1) is 0 Å². The van der Waals surface area contributed by atoms with Gasteiger partial charge in [0.1, 0.15) is 17.5 Å². The number of ether oxygens (including phenoxy) is 1. The normalized spacial score (nSPS) is 12.1. The number of aromatic nitrogens is 2. The lowest BCUT2D eigenvalue weighted by molar-refractivity contribution is -0.384. The average Bonchev–Trinajstić information content (AvgIpc) is 3.23. The molecular formula is C20H15F3N4O6. The Labute approximate surface area is 183 Å². The molecule has 10 nitrogen and oxygen atoms in total. The summed E-state index contributed by atoms with van der Waals surface area (Å²) in [5.41, 5.74) is -1.70. The lowest BCUT2D eigenvalue weighted by Gasteiger charge is -2.11. The average molecular weight is 464 g/mol. The van der Waals surface area contributed by atoms with Gasteiger partial charge in [-0.3, -0.25) is 19.6 Å². The van der Waals surface area contributed by atoms with Crippen LogP contribution in [0.15, 0.2) is 54.7 Å². The Kier molecular flexibility index (Phi) is 6.33. The molecule has 0 fully saturated rings. The van der Waals surface area contributed by atoms with E-state index in [1.807, 2.05) is 0 Å². The number of nitro groups is 1. The Bertz CT molecular complexity index is 1220. The number of rotatable bonds is 7. The van der Waals surface area contributed by atoms with Crippen molar-refractivity contribution in [1.29, 1.82) is 0 Å². The Morgan fingerprint density at radius 2 is 1.91 bits per heavy atom. The minimum Gasteiger partial charge on any atom is -0.480 e. The molecule has 1 aromatic heterocycles. The summed E-state index contributed by atoms with van der Waals surface area (Å²) >= 11 is 0. The van der Waals surface area contributed by atoms with Crippen LogP contribution in [0.5, 0.6) is 11.5 Å². The van der Waals surface area contributed by atoms with Gasteiger partial charge in [-0.05, 0) is 31.2 Å². The fourth-order valence-electron chi connectivity index (χ4n) is 2.67. The van der Waals surface area contributed by atoms with E-state index in [1.165, 1.54) is 31.3 Å². The van der Waals surface area contributed by atoms with Gasteiger partial charge in [0.05, 0.1) is 22.2 Å². The van der Waals surface area contributed by atoms with E-state index in [2.05, 4.69) is 10.4 Å². The van der Waals surface area contributed by atoms with E-state index in [9.17, 15) is 32.9 Å². The molecule has 2 N–H and O–H groups in total. The molecule has 3 rings (SSSR count). The second-order valence-electron chi connectivity index (χ2n) is 6.75. The molecule has 1 amide bonds. The number of nitrogens with zero attached hydrogens (tertiary/aromatic N) is 3. The zero-order valence-electron chi connectivity index (χ0n) is 16.7. The molecule has 0 aliphatic rings. The highest BCUT2D eigenvalue weighted by molar-refractivity contribution is 6.03. The Morgan fingerprint density at radius 3 is 2.55 bits per heavy atom. The summed E-state index contributed by atoms with van der Waals surface area (Å²) in [6.07, 6.45) is -3.33. The summed E-state index contributed by atoms with van der Waals surface area (Å²) in [5, 5.41) is 26.5. The van der Waals surface area contributed by atoms with E-state index in [4.69, 9.17) is 9.84 Å². The van der Waals surface area contributed by atoms with Crippen LogP contribution in [0.25, 0.3) is 0 Å². The van der Waals surface area contributed by atoms with Gasteiger partial charge in [-0.25, -0.2) is 4.79 Å². The number of aliphatic carboxylic acids is 1. The molecule has 0 saturated heterocycles. The second kappa shape index (κ2) is 8.98. The molecule has 0 radical (unpaired) electrons. The number of benzene rings is 2.